The number of halogens is 1. The van der Waals surface area contributed by atoms with Crippen LogP contribution in [0.4, 0.5) is 0 Å². The van der Waals surface area contributed by atoms with Gasteiger partial charge in [-0.25, -0.2) is 0 Å². The van der Waals surface area contributed by atoms with E-state index in [0.717, 1.165) is 30.2 Å². The van der Waals surface area contributed by atoms with E-state index in [9.17, 15) is 9.90 Å². The standard InChI is InChI=1S/C13H15BrN4O2/c14-8-5-6-11-16-17-12(18(11)7-8)13(20)15-9-3-1-2-4-10(9)19/h5-7,9-10,19H,1-4H2,(H,15,20)/t9-,10-/m1/s1. The van der Waals surface area contributed by atoms with Crippen molar-refractivity contribution in [2.45, 2.75) is 37.8 Å². The predicted octanol–water partition coefficient (Wildman–Crippen LogP) is 1.53. The van der Waals surface area contributed by atoms with Gasteiger partial charge in [-0.15, -0.1) is 10.2 Å². The molecule has 2 atom stereocenters. The molecule has 0 radical (unpaired) electrons. The summed E-state index contributed by atoms with van der Waals surface area (Å²) >= 11 is 3.36. The molecule has 0 spiro atoms. The number of hydrogen-bond acceptors (Lipinski definition) is 4. The fraction of sp³-hybridized carbons (Fsp3) is 0.462. The van der Waals surface area contributed by atoms with E-state index in [1.807, 2.05) is 6.07 Å². The maximum Gasteiger partial charge on any atom is 0.289 e. The van der Waals surface area contributed by atoms with Crippen LogP contribution in [0.25, 0.3) is 5.65 Å². The zero-order valence-corrected chi connectivity index (χ0v) is 12.4. The Labute approximate surface area is 124 Å². The van der Waals surface area contributed by atoms with Crippen LogP contribution in [0.3, 0.4) is 0 Å². The second kappa shape index (κ2) is 5.49. The molecule has 6 nitrogen and oxygen atoms in total. The second-order valence-corrected chi connectivity index (χ2v) is 5.95. The molecule has 1 aliphatic carbocycles. The van der Waals surface area contributed by atoms with E-state index in [1.54, 1.807) is 16.7 Å². The monoisotopic (exact) mass is 338 g/mol. The minimum Gasteiger partial charge on any atom is -0.391 e. The molecule has 0 bridgehead atoms. The van der Waals surface area contributed by atoms with Gasteiger partial charge >= 0.3 is 0 Å². The maximum atomic E-state index is 12.3. The van der Waals surface area contributed by atoms with Crippen LogP contribution in [-0.2, 0) is 0 Å². The van der Waals surface area contributed by atoms with Crippen molar-refractivity contribution in [1.29, 1.82) is 0 Å². The molecule has 0 saturated heterocycles. The Morgan fingerprint density at radius 3 is 2.95 bits per heavy atom. The minimum atomic E-state index is -0.473. The lowest BCUT2D eigenvalue weighted by Crippen LogP contribution is -2.45. The van der Waals surface area contributed by atoms with E-state index >= 15 is 0 Å². The molecule has 0 aliphatic heterocycles. The van der Waals surface area contributed by atoms with E-state index < -0.39 is 6.10 Å². The van der Waals surface area contributed by atoms with Crippen LogP contribution in [0, 0.1) is 0 Å². The first-order chi connectivity index (χ1) is 9.65. The summed E-state index contributed by atoms with van der Waals surface area (Å²) in [6, 6.07) is 3.43. The lowest BCUT2D eigenvalue weighted by Gasteiger charge is -2.27. The molecule has 0 aromatic carbocycles. The number of amides is 1. The summed E-state index contributed by atoms with van der Waals surface area (Å²) in [5, 5.41) is 20.6. The quantitative estimate of drug-likeness (QED) is 0.870. The van der Waals surface area contributed by atoms with Crippen LogP contribution in [0.5, 0.6) is 0 Å². The van der Waals surface area contributed by atoms with Crippen molar-refractivity contribution in [1.82, 2.24) is 19.9 Å². The lowest BCUT2D eigenvalue weighted by atomic mass is 9.92. The largest absolute Gasteiger partial charge is 0.391 e. The van der Waals surface area contributed by atoms with Crippen molar-refractivity contribution >= 4 is 27.5 Å². The van der Waals surface area contributed by atoms with Gasteiger partial charge in [-0.05, 0) is 40.9 Å². The maximum absolute atomic E-state index is 12.3. The Hall–Kier alpha value is -1.47. The van der Waals surface area contributed by atoms with E-state index in [-0.39, 0.29) is 17.8 Å². The number of aliphatic hydroxyl groups excluding tert-OH is 1. The third-order valence-electron chi connectivity index (χ3n) is 3.62. The average Bonchev–Trinajstić information content (AvgIpc) is 2.84. The summed E-state index contributed by atoms with van der Waals surface area (Å²) < 4.78 is 2.48. The molecule has 0 unspecified atom stereocenters. The smallest absolute Gasteiger partial charge is 0.289 e. The Kier molecular flexibility index (Phi) is 3.71. The van der Waals surface area contributed by atoms with Crippen molar-refractivity contribution in [3.8, 4) is 0 Å². The van der Waals surface area contributed by atoms with Gasteiger partial charge in [-0.2, -0.15) is 0 Å². The molecule has 2 heterocycles. The molecular weight excluding hydrogens is 324 g/mol. The Bertz CT molecular complexity index is 642. The third kappa shape index (κ3) is 2.55. The number of fused-ring (bicyclic) bond motifs is 1. The number of nitrogens with one attached hydrogen (secondary N) is 1. The van der Waals surface area contributed by atoms with Crippen molar-refractivity contribution in [3.05, 3.63) is 28.6 Å². The van der Waals surface area contributed by atoms with E-state index in [2.05, 4.69) is 31.4 Å². The number of aliphatic hydroxyl groups is 1. The van der Waals surface area contributed by atoms with Gasteiger partial charge in [0.2, 0.25) is 5.82 Å². The fourth-order valence-corrected chi connectivity index (χ4v) is 2.87. The normalized spacial score (nSPS) is 22.9. The number of hydrogen-bond donors (Lipinski definition) is 2. The molecule has 106 valence electrons. The first-order valence-corrected chi connectivity index (χ1v) is 7.43. The fourth-order valence-electron chi connectivity index (χ4n) is 2.53. The van der Waals surface area contributed by atoms with E-state index in [0.29, 0.717) is 5.65 Å². The van der Waals surface area contributed by atoms with Crippen LogP contribution in [0.2, 0.25) is 0 Å². The van der Waals surface area contributed by atoms with Crippen molar-refractivity contribution < 1.29 is 9.90 Å². The number of pyridine rings is 1. The topological polar surface area (TPSA) is 79.5 Å². The molecule has 1 aliphatic rings. The van der Waals surface area contributed by atoms with E-state index in [1.165, 1.54) is 0 Å². The molecule has 2 aromatic rings. The molecule has 1 fully saturated rings. The third-order valence-corrected chi connectivity index (χ3v) is 4.08. The summed E-state index contributed by atoms with van der Waals surface area (Å²) in [6.45, 7) is 0. The first kappa shape index (κ1) is 13.5. The molecular formula is C13H15BrN4O2. The van der Waals surface area contributed by atoms with Gasteiger partial charge in [-0.3, -0.25) is 9.20 Å². The lowest BCUT2D eigenvalue weighted by molar-refractivity contribution is 0.0709. The van der Waals surface area contributed by atoms with Gasteiger partial charge in [-0.1, -0.05) is 12.8 Å². The summed E-state index contributed by atoms with van der Waals surface area (Å²) in [4.78, 5) is 12.3. The van der Waals surface area contributed by atoms with Gasteiger partial charge in [0, 0.05) is 10.7 Å². The summed E-state index contributed by atoms with van der Waals surface area (Å²) in [5.74, 6) is -0.0689. The highest BCUT2D eigenvalue weighted by Crippen LogP contribution is 2.19. The molecule has 20 heavy (non-hydrogen) atoms. The Morgan fingerprint density at radius 1 is 1.35 bits per heavy atom. The van der Waals surface area contributed by atoms with Crippen molar-refractivity contribution in [2.24, 2.45) is 0 Å². The summed E-state index contributed by atoms with van der Waals surface area (Å²) in [6.07, 6.45) is 4.84. The first-order valence-electron chi connectivity index (χ1n) is 6.64. The highest BCUT2D eigenvalue weighted by atomic mass is 79.9. The van der Waals surface area contributed by atoms with Crippen LogP contribution < -0.4 is 5.32 Å². The van der Waals surface area contributed by atoms with Crippen molar-refractivity contribution in [2.75, 3.05) is 0 Å². The van der Waals surface area contributed by atoms with Gasteiger partial charge in [0.25, 0.3) is 5.91 Å². The Balaban J connectivity index is 1.83. The molecule has 2 aromatic heterocycles. The van der Waals surface area contributed by atoms with Gasteiger partial charge < -0.3 is 10.4 Å². The number of carbonyl (C=O) groups is 1. The average molecular weight is 339 g/mol. The van der Waals surface area contributed by atoms with Crippen LogP contribution >= 0.6 is 15.9 Å². The predicted molar refractivity (Wildman–Crippen MR) is 76.4 cm³/mol. The number of rotatable bonds is 2. The number of nitrogens with zero attached hydrogens (tertiary/aromatic N) is 3. The summed E-state index contributed by atoms with van der Waals surface area (Å²) in [7, 11) is 0. The zero-order chi connectivity index (χ0) is 14.1. The SMILES string of the molecule is O=C(N[C@@H]1CCCC[C@H]1O)c1nnc2ccc(Br)cn12. The number of aromatic nitrogens is 3. The van der Waals surface area contributed by atoms with Crippen LogP contribution in [0.15, 0.2) is 22.8 Å². The second-order valence-electron chi connectivity index (χ2n) is 5.03. The Morgan fingerprint density at radius 2 is 2.15 bits per heavy atom. The van der Waals surface area contributed by atoms with Gasteiger partial charge in [0.15, 0.2) is 5.65 Å². The summed E-state index contributed by atoms with van der Waals surface area (Å²) in [5.41, 5.74) is 0.613. The van der Waals surface area contributed by atoms with E-state index in [4.69, 9.17) is 0 Å². The van der Waals surface area contributed by atoms with Crippen molar-refractivity contribution in [3.63, 3.8) is 0 Å². The highest BCUT2D eigenvalue weighted by Gasteiger charge is 2.26. The molecule has 3 rings (SSSR count). The molecule has 1 saturated carbocycles. The van der Waals surface area contributed by atoms with Gasteiger partial charge in [0.1, 0.15) is 0 Å². The van der Waals surface area contributed by atoms with Gasteiger partial charge in [0.05, 0.1) is 12.1 Å². The minimum absolute atomic E-state index is 0.198. The zero-order valence-electron chi connectivity index (χ0n) is 10.8. The van der Waals surface area contributed by atoms with Crippen LogP contribution in [-0.4, -0.2) is 37.8 Å². The molecule has 2 N–H and O–H groups in total. The number of carbonyl (C=O) groups excluding carboxylic acids is 1. The molecule has 1 amide bonds. The molecule has 7 heteroatoms. The van der Waals surface area contributed by atoms with Crippen LogP contribution in [0.1, 0.15) is 36.3 Å². The highest BCUT2D eigenvalue weighted by molar-refractivity contribution is 9.10.